The first-order valence-electron chi connectivity index (χ1n) is 20.0. The predicted molar refractivity (Wildman–Crippen MR) is 221 cm³/mol. The number of carbonyl (C=O) groups excluding carboxylic acids is 6. The Morgan fingerprint density at radius 2 is 1.33 bits per heavy atom. The number of nitrogens with one attached hydrogen (secondary N) is 5. The third-order valence-electron chi connectivity index (χ3n) is 9.03. The fourth-order valence-corrected chi connectivity index (χ4v) is 6.61. The van der Waals surface area contributed by atoms with Gasteiger partial charge in [0, 0.05) is 71.6 Å². The van der Waals surface area contributed by atoms with Crippen LogP contribution in [0.15, 0.2) is 0 Å². The maximum absolute atomic E-state index is 13.0. The Morgan fingerprint density at radius 3 is 1.95 bits per heavy atom. The number of nitrogens with zero attached hydrogens (tertiary/aromatic N) is 1. The summed E-state index contributed by atoms with van der Waals surface area (Å²) >= 11 is 3.03. The number of rotatable bonds is 35. The fraction of sp³-hybridized carbons (Fsp3) is 0.789. The first-order chi connectivity index (χ1) is 27.6. The summed E-state index contributed by atoms with van der Waals surface area (Å²) in [5.41, 5.74) is -1.37. The first-order valence-corrected chi connectivity index (χ1v) is 22.2. The SMILES string of the molecule is CCSCC(=O)NCCN(CCNC(=O)CSC(C)C)C(=O)CCC(=O)NCC(C)CCOCCOCCC(=O)NCCCC1CC1(NC(=O)CCC(=O)O)C(=O)O. The Bertz CT molecular complexity index is 1330. The van der Waals surface area contributed by atoms with Crippen LogP contribution in [0.5, 0.6) is 0 Å². The van der Waals surface area contributed by atoms with E-state index >= 15 is 0 Å². The minimum absolute atomic E-state index is 0.000740. The van der Waals surface area contributed by atoms with Gasteiger partial charge in [0.15, 0.2) is 0 Å². The second-order valence-corrected chi connectivity index (χ2v) is 17.2. The molecule has 332 valence electrons. The Balaban J connectivity index is 2.19. The van der Waals surface area contributed by atoms with Gasteiger partial charge < -0.3 is 51.2 Å². The molecule has 0 aliphatic heterocycles. The van der Waals surface area contributed by atoms with Crippen LogP contribution < -0.4 is 26.6 Å². The smallest absolute Gasteiger partial charge is 0.329 e. The molecule has 0 aromatic heterocycles. The van der Waals surface area contributed by atoms with Crippen LogP contribution in [-0.4, -0.2) is 156 Å². The molecule has 0 heterocycles. The van der Waals surface area contributed by atoms with Crippen LogP contribution in [0.4, 0.5) is 0 Å². The summed E-state index contributed by atoms with van der Waals surface area (Å²) in [4.78, 5) is 97.6. The van der Waals surface area contributed by atoms with Gasteiger partial charge in [-0.15, -0.1) is 11.8 Å². The first kappa shape index (κ1) is 52.4. The number of hydrogen-bond donors (Lipinski definition) is 7. The van der Waals surface area contributed by atoms with Gasteiger partial charge >= 0.3 is 11.9 Å². The number of carboxylic acids is 2. The van der Waals surface area contributed by atoms with Gasteiger partial charge in [0.1, 0.15) is 5.54 Å². The van der Waals surface area contributed by atoms with Crippen molar-refractivity contribution in [2.45, 2.75) is 96.3 Å². The lowest BCUT2D eigenvalue weighted by atomic mass is 10.1. The molecule has 0 bridgehead atoms. The number of carbonyl (C=O) groups is 8. The van der Waals surface area contributed by atoms with Crippen molar-refractivity contribution in [3.63, 3.8) is 0 Å². The molecule has 3 unspecified atom stereocenters. The molecule has 0 aromatic rings. The van der Waals surface area contributed by atoms with E-state index in [-0.39, 0.29) is 113 Å². The Kier molecular flexibility index (Phi) is 27.5. The van der Waals surface area contributed by atoms with Gasteiger partial charge in [-0.2, -0.15) is 11.8 Å². The molecular weight excluding hydrogens is 797 g/mol. The lowest BCUT2D eigenvalue weighted by Crippen LogP contribution is -2.45. The highest BCUT2D eigenvalue weighted by molar-refractivity contribution is 8.00. The van der Waals surface area contributed by atoms with E-state index < -0.39 is 23.4 Å². The summed E-state index contributed by atoms with van der Waals surface area (Å²) in [6.07, 6.45) is 1.45. The largest absolute Gasteiger partial charge is 0.481 e. The topological polar surface area (TPSA) is 259 Å². The monoisotopic (exact) mass is 862 g/mol. The van der Waals surface area contributed by atoms with Gasteiger partial charge in [-0.3, -0.25) is 33.6 Å². The maximum atomic E-state index is 13.0. The van der Waals surface area contributed by atoms with E-state index in [0.29, 0.717) is 68.9 Å². The number of thioether (sulfide) groups is 2. The van der Waals surface area contributed by atoms with E-state index in [0.717, 1.165) is 5.75 Å². The zero-order chi connectivity index (χ0) is 43.3. The molecule has 58 heavy (non-hydrogen) atoms. The van der Waals surface area contributed by atoms with E-state index in [1.807, 2.05) is 27.7 Å². The van der Waals surface area contributed by atoms with Crippen LogP contribution in [0, 0.1) is 11.8 Å². The summed E-state index contributed by atoms with van der Waals surface area (Å²) in [6, 6.07) is 0. The van der Waals surface area contributed by atoms with Crippen molar-refractivity contribution in [1.82, 2.24) is 31.5 Å². The minimum atomic E-state index is -1.37. The fourth-order valence-electron chi connectivity index (χ4n) is 5.53. The van der Waals surface area contributed by atoms with Crippen molar-refractivity contribution in [3.8, 4) is 0 Å². The summed E-state index contributed by atoms with van der Waals surface area (Å²) in [5.74, 6) is -2.48. The van der Waals surface area contributed by atoms with Gasteiger partial charge in [0.25, 0.3) is 0 Å². The third-order valence-corrected chi connectivity index (χ3v) is 11.0. The van der Waals surface area contributed by atoms with Crippen LogP contribution in [0.1, 0.15) is 85.5 Å². The molecule has 3 atom stereocenters. The maximum Gasteiger partial charge on any atom is 0.329 e. The van der Waals surface area contributed by atoms with Crippen LogP contribution in [-0.2, 0) is 47.8 Å². The van der Waals surface area contributed by atoms with Crippen LogP contribution >= 0.6 is 23.5 Å². The Morgan fingerprint density at radius 1 is 0.724 bits per heavy atom. The highest BCUT2D eigenvalue weighted by Crippen LogP contribution is 2.46. The number of hydrogen-bond acceptors (Lipinski definition) is 12. The zero-order valence-corrected chi connectivity index (χ0v) is 36.2. The standard InChI is InChI=1S/C38H66N6O12S2/c1-5-57-25-33(48)40-15-17-44(18-16-41-34(49)26-58-27(2)3)35(50)10-8-30(45)42-24-28(4)12-19-55-21-22-56-20-13-31(46)39-14-6-7-29-23-38(29,37(53)54)43-32(47)9-11-36(51)52/h27-29H,5-26H2,1-4H3,(H,39,46)(H,40,48)(H,41,49)(H,42,45)(H,43,47)(H,51,52)(H,53,54). The van der Waals surface area contributed by atoms with Crippen molar-refractivity contribution >= 4 is 70.9 Å². The number of aliphatic carboxylic acids is 2. The van der Waals surface area contributed by atoms with Gasteiger partial charge in [-0.1, -0.05) is 27.7 Å². The summed E-state index contributed by atoms with van der Waals surface area (Å²) < 4.78 is 11.1. The molecule has 1 fully saturated rings. The molecule has 0 radical (unpaired) electrons. The van der Waals surface area contributed by atoms with Crippen LogP contribution in [0.2, 0.25) is 0 Å². The average Bonchev–Trinajstić information content (AvgIpc) is 3.88. The van der Waals surface area contributed by atoms with Crippen molar-refractivity contribution < 1.29 is 58.0 Å². The van der Waals surface area contributed by atoms with E-state index in [1.165, 1.54) is 23.5 Å². The van der Waals surface area contributed by atoms with Crippen molar-refractivity contribution in [3.05, 3.63) is 0 Å². The number of carboxylic acid groups (broad SMARTS) is 2. The summed E-state index contributed by atoms with van der Waals surface area (Å²) in [6.45, 7) is 11.1. The molecule has 0 spiro atoms. The second-order valence-electron chi connectivity index (χ2n) is 14.4. The molecule has 1 rings (SSSR count). The Hall–Kier alpha value is -3.62. The molecular formula is C38H66N6O12S2. The molecule has 1 aliphatic rings. The predicted octanol–water partition coefficient (Wildman–Crippen LogP) is 1.01. The van der Waals surface area contributed by atoms with Gasteiger partial charge in [-0.25, -0.2) is 4.79 Å². The van der Waals surface area contributed by atoms with Crippen LogP contribution in [0.3, 0.4) is 0 Å². The van der Waals surface area contributed by atoms with E-state index in [1.54, 1.807) is 4.90 Å². The number of ether oxygens (including phenoxy) is 2. The molecule has 18 nitrogen and oxygen atoms in total. The average molecular weight is 863 g/mol. The van der Waals surface area contributed by atoms with Crippen LogP contribution in [0.25, 0.3) is 0 Å². The third kappa shape index (κ3) is 25.0. The zero-order valence-electron chi connectivity index (χ0n) is 34.5. The van der Waals surface area contributed by atoms with Gasteiger partial charge in [-0.05, 0) is 48.5 Å². The number of amides is 6. The molecule has 1 aliphatic carbocycles. The molecule has 0 aromatic carbocycles. The molecule has 7 N–H and O–H groups in total. The molecule has 1 saturated carbocycles. The minimum Gasteiger partial charge on any atom is -0.481 e. The highest BCUT2D eigenvalue weighted by Gasteiger charge is 2.60. The van der Waals surface area contributed by atoms with Gasteiger partial charge in [0.2, 0.25) is 35.4 Å². The van der Waals surface area contributed by atoms with Crippen molar-refractivity contribution in [2.75, 3.05) is 83.0 Å². The van der Waals surface area contributed by atoms with E-state index in [2.05, 4.69) is 26.6 Å². The van der Waals surface area contributed by atoms with Crippen molar-refractivity contribution in [2.24, 2.45) is 11.8 Å². The molecule has 0 saturated heterocycles. The summed E-state index contributed by atoms with van der Waals surface area (Å²) in [7, 11) is 0. The quantitative estimate of drug-likeness (QED) is 0.0439. The highest BCUT2D eigenvalue weighted by atomic mass is 32.2. The second kappa shape index (κ2) is 30.4. The molecule has 6 amide bonds. The normalized spacial score (nSPS) is 16.2. The van der Waals surface area contributed by atoms with E-state index in [9.17, 15) is 43.5 Å². The lowest BCUT2D eigenvalue weighted by molar-refractivity contribution is -0.144. The van der Waals surface area contributed by atoms with E-state index in [4.69, 9.17) is 14.6 Å². The summed E-state index contributed by atoms with van der Waals surface area (Å²) in [5, 5.41) is 32.3. The Labute approximate surface area is 350 Å². The van der Waals surface area contributed by atoms with Gasteiger partial charge in [0.05, 0.1) is 37.7 Å². The lowest BCUT2D eigenvalue weighted by Gasteiger charge is -2.23. The molecule has 20 heteroatoms. The van der Waals surface area contributed by atoms with Crippen molar-refractivity contribution in [1.29, 1.82) is 0 Å².